The Morgan fingerprint density at radius 1 is 0.780 bits per heavy atom. The number of phenols is 1. The van der Waals surface area contributed by atoms with E-state index in [9.17, 15) is 9.90 Å². The molecule has 226 valence electrons. The summed E-state index contributed by atoms with van der Waals surface area (Å²) in [5, 5.41) is 20.1. The Bertz CT molecular complexity index is 1230. The van der Waals surface area contributed by atoms with Crippen LogP contribution in [0.5, 0.6) is 11.5 Å². The molecule has 0 aliphatic carbocycles. The van der Waals surface area contributed by atoms with Gasteiger partial charge < -0.3 is 9.84 Å². The molecule has 6 heteroatoms. The minimum Gasteiger partial charge on any atom is -0.505 e. The van der Waals surface area contributed by atoms with E-state index in [1.807, 2.05) is 19.1 Å². The monoisotopic (exact) mass is 563 g/mol. The topological polar surface area (TPSA) is 77.2 Å². The van der Waals surface area contributed by atoms with E-state index in [0.717, 1.165) is 24.0 Å². The van der Waals surface area contributed by atoms with Crippen molar-refractivity contribution in [3.05, 3.63) is 41.5 Å². The average Bonchev–Trinajstić information content (AvgIpc) is 3.34. The van der Waals surface area contributed by atoms with Crippen LogP contribution in [0.4, 0.5) is 0 Å². The molecule has 0 atom stereocenters. The zero-order valence-corrected chi connectivity index (χ0v) is 26.3. The molecule has 1 N–H and O–H groups in total. The number of hydrogen-bond donors (Lipinski definition) is 1. The van der Waals surface area contributed by atoms with Crippen LogP contribution in [-0.2, 0) is 10.2 Å². The van der Waals surface area contributed by atoms with Gasteiger partial charge in [-0.2, -0.15) is 0 Å². The van der Waals surface area contributed by atoms with E-state index in [2.05, 4.69) is 37.9 Å². The molecule has 1 heterocycles. The molecular weight excluding hydrogens is 510 g/mol. The van der Waals surface area contributed by atoms with Gasteiger partial charge in [-0.3, -0.25) is 4.79 Å². The van der Waals surface area contributed by atoms with E-state index in [1.165, 1.54) is 88.3 Å². The summed E-state index contributed by atoms with van der Waals surface area (Å²) < 4.78 is 5.60. The second kappa shape index (κ2) is 16.5. The highest BCUT2D eigenvalue weighted by Gasteiger charge is 2.22. The number of phenolic OH excluding ortho intramolecular Hbond substituents is 1. The predicted molar refractivity (Wildman–Crippen MR) is 169 cm³/mol. The Kier molecular flexibility index (Phi) is 13.1. The molecule has 0 saturated heterocycles. The van der Waals surface area contributed by atoms with Crippen LogP contribution in [0.2, 0.25) is 0 Å². The van der Waals surface area contributed by atoms with Crippen molar-refractivity contribution in [1.29, 1.82) is 0 Å². The Labute approximate surface area is 247 Å². The average molecular weight is 564 g/mol. The van der Waals surface area contributed by atoms with Gasteiger partial charge in [0.15, 0.2) is 0 Å². The number of esters is 1. The van der Waals surface area contributed by atoms with Crippen molar-refractivity contribution in [2.75, 3.05) is 0 Å². The van der Waals surface area contributed by atoms with Gasteiger partial charge in [0.1, 0.15) is 28.2 Å². The first kappa shape index (κ1) is 32.6. The van der Waals surface area contributed by atoms with Crippen LogP contribution in [0.15, 0.2) is 30.3 Å². The number of hydrogen-bond acceptors (Lipinski definition) is 5. The number of aromatic hydroxyl groups is 1. The number of carbonyl (C=O) groups is 1. The maximum absolute atomic E-state index is 12.4. The van der Waals surface area contributed by atoms with E-state index in [0.29, 0.717) is 28.9 Å². The lowest BCUT2D eigenvalue weighted by Crippen LogP contribution is -2.13. The molecule has 0 radical (unpaired) electrons. The SMILES string of the molecule is CCCCCCCCCCCCCCCCCC(=O)Oc1ccc2nn(-c3cc(C)cc(C(C)(C)C)c3O)nc2c1. The highest BCUT2D eigenvalue weighted by atomic mass is 16.5. The number of fused-ring (bicyclic) bond motifs is 1. The number of unbranched alkanes of at least 4 members (excludes halogenated alkanes) is 14. The fourth-order valence-corrected chi connectivity index (χ4v) is 5.37. The minimum atomic E-state index is -0.217. The molecule has 0 aliphatic heterocycles. The Morgan fingerprint density at radius 2 is 1.32 bits per heavy atom. The molecule has 2 aromatic carbocycles. The smallest absolute Gasteiger partial charge is 0.311 e. The van der Waals surface area contributed by atoms with Crippen molar-refractivity contribution in [3.8, 4) is 17.2 Å². The molecular formula is C35H53N3O3. The summed E-state index contributed by atoms with van der Waals surface area (Å²) >= 11 is 0. The molecule has 0 fully saturated rings. The van der Waals surface area contributed by atoms with E-state index < -0.39 is 0 Å². The lowest BCUT2D eigenvalue weighted by atomic mass is 9.85. The zero-order chi connectivity index (χ0) is 29.7. The molecule has 0 saturated carbocycles. The summed E-state index contributed by atoms with van der Waals surface area (Å²) in [6.45, 7) is 10.5. The van der Waals surface area contributed by atoms with Gasteiger partial charge in [-0.05, 0) is 42.5 Å². The van der Waals surface area contributed by atoms with Crippen LogP contribution in [-0.4, -0.2) is 26.1 Å². The summed E-state index contributed by atoms with van der Waals surface area (Å²) in [7, 11) is 0. The van der Waals surface area contributed by atoms with E-state index >= 15 is 0 Å². The van der Waals surface area contributed by atoms with Crippen molar-refractivity contribution in [2.45, 2.75) is 143 Å². The fourth-order valence-electron chi connectivity index (χ4n) is 5.37. The maximum atomic E-state index is 12.4. The maximum Gasteiger partial charge on any atom is 0.311 e. The zero-order valence-electron chi connectivity index (χ0n) is 26.3. The van der Waals surface area contributed by atoms with Crippen LogP contribution in [0.1, 0.15) is 142 Å². The first-order chi connectivity index (χ1) is 19.7. The first-order valence-corrected chi connectivity index (χ1v) is 16.1. The first-order valence-electron chi connectivity index (χ1n) is 16.1. The summed E-state index contributed by atoms with van der Waals surface area (Å²) in [5.74, 6) is 0.440. The third kappa shape index (κ3) is 10.8. The Hall–Kier alpha value is -2.89. The van der Waals surface area contributed by atoms with Gasteiger partial charge in [0.2, 0.25) is 0 Å². The lowest BCUT2D eigenvalue weighted by Gasteiger charge is -2.22. The highest BCUT2D eigenvalue weighted by Crippen LogP contribution is 2.36. The van der Waals surface area contributed by atoms with Crippen molar-refractivity contribution in [3.63, 3.8) is 0 Å². The molecule has 0 unspecified atom stereocenters. The number of rotatable bonds is 18. The van der Waals surface area contributed by atoms with E-state index in [-0.39, 0.29) is 17.1 Å². The minimum absolute atomic E-state index is 0.179. The lowest BCUT2D eigenvalue weighted by molar-refractivity contribution is -0.134. The van der Waals surface area contributed by atoms with Gasteiger partial charge in [0, 0.05) is 18.1 Å². The van der Waals surface area contributed by atoms with Crippen LogP contribution in [0, 0.1) is 6.92 Å². The van der Waals surface area contributed by atoms with Crippen LogP contribution in [0.3, 0.4) is 0 Å². The van der Waals surface area contributed by atoms with E-state index in [4.69, 9.17) is 4.74 Å². The number of nitrogens with zero attached hydrogens (tertiary/aromatic N) is 3. The summed E-state index contributed by atoms with van der Waals surface area (Å²) in [6.07, 6.45) is 19.9. The second-order valence-electron chi connectivity index (χ2n) is 12.7. The Balaban J connectivity index is 1.35. The molecule has 0 bridgehead atoms. The standard InChI is InChI=1S/C35H53N3O3/c1-6-7-8-9-10-11-12-13-14-15-16-17-18-19-20-21-33(39)41-28-22-23-30-31(26-28)37-38(36-30)32-25-27(2)24-29(34(32)40)35(3,4)5/h22-26,40H,6-21H2,1-5H3. The molecule has 6 nitrogen and oxygen atoms in total. The van der Waals surface area contributed by atoms with Gasteiger partial charge in [-0.1, -0.05) is 124 Å². The molecule has 1 aromatic heterocycles. The van der Waals surface area contributed by atoms with Crippen molar-refractivity contribution < 1.29 is 14.6 Å². The van der Waals surface area contributed by atoms with Gasteiger partial charge >= 0.3 is 5.97 Å². The normalized spacial score (nSPS) is 11.8. The van der Waals surface area contributed by atoms with E-state index in [1.54, 1.807) is 18.2 Å². The third-order valence-corrected chi connectivity index (χ3v) is 7.83. The van der Waals surface area contributed by atoms with Crippen LogP contribution >= 0.6 is 0 Å². The largest absolute Gasteiger partial charge is 0.505 e. The van der Waals surface area contributed by atoms with Gasteiger partial charge in [0.05, 0.1) is 0 Å². The highest BCUT2D eigenvalue weighted by molar-refractivity contribution is 5.78. The van der Waals surface area contributed by atoms with Gasteiger partial charge in [-0.15, -0.1) is 15.0 Å². The van der Waals surface area contributed by atoms with Crippen LogP contribution < -0.4 is 4.74 Å². The number of aromatic nitrogens is 3. The number of ether oxygens (including phenoxy) is 1. The Morgan fingerprint density at radius 3 is 1.88 bits per heavy atom. The van der Waals surface area contributed by atoms with Gasteiger partial charge in [0.25, 0.3) is 0 Å². The summed E-state index contributed by atoms with van der Waals surface area (Å²) in [6, 6.07) is 9.16. The van der Waals surface area contributed by atoms with Crippen molar-refractivity contribution >= 4 is 17.0 Å². The predicted octanol–water partition coefficient (Wildman–Crippen LogP) is 9.90. The molecule has 0 amide bonds. The molecule has 3 rings (SSSR count). The molecule has 41 heavy (non-hydrogen) atoms. The number of benzene rings is 2. The second-order valence-corrected chi connectivity index (χ2v) is 12.7. The molecule has 0 aliphatic rings. The summed E-state index contributed by atoms with van der Waals surface area (Å²) in [4.78, 5) is 13.9. The number of carbonyl (C=O) groups excluding carboxylic acids is 1. The van der Waals surface area contributed by atoms with Gasteiger partial charge in [-0.25, -0.2) is 0 Å². The van der Waals surface area contributed by atoms with Crippen molar-refractivity contribution in [2.24, 2.45) is 0 Å². The quantitative estimate of drug-likeness (QED) is 0.0946. The number of aryl methyl sites for hydroxylation is 1. The van der Waals surface area contributed by atoms with Crippen molar-refractivity contribution in [1.82, 2.24) is 15.0 Å². The third-order valence-electron chi connectivity index (χ3n) is 7.83. The molecule has 3 aromatic rings. The summed E-state index contributed by atoms with van der Waals surface area (Å²) in [5.41, 5.74) is 3.48. The molecule has 0 spiro atoms. The van der Waals surface area contributed by atoms with Crippen LogP contribution in [0.25, 0.3) is 16.7 Å². The fraction of sp³-hybridized carbons (Fsp3) is 0.629.